The standard InChI is InChI=1S/C19H24N4OS2/c1-4-6-13-11-7-5-8-12(11)14-15-16(26-18(14)20-13)17(23(2)9-10-24)22-19(21-15)25-3/h24H,4-10H2,1-3H3. The number of likely N-dealkylation sites (N-methyl/N-ethyl adjacent to an activating group) is 1. The van der Waals surface area contributed by atoms with Crippen molar-refractivity contribution in [2.24, 2.45) is 0 Å². The lowest BCUT2D eigenvalue weighted by Gasteiger charge is -2.17. The molecular weight excluding hydrogens is 364 g/mol. The number of aryl methyl sites for hydroxylation is 2. The van der Waals surface area contributed by atoms with Gasteiger partial charge < -0.3 is 10.0 Å². The molecule has 0 aliphatic heterocycles. The van der Waals surface area contributed by atoms with E-state index in [9.17, 15) is 5.11 Å². The minimum absolute atomic E-state index is 0.107. The summed E-state index contributed by atoms with van der Waals surface area (Å²) in [7, 11) is 1.98. The topological polar surface area (TPSA) is 62.1 Å². The van der Waals surface area contributed by atoms with Gasteiger partial charge in [-0.05, 0) is 43.1 Å². The number of hydrogen-bond acceptors (Lipinski definition) is 7. The van der Waals surface area contributed by atoms with E-state index < -0.39 is 0 Å². The van der Waals surface area contributed by atoms with Crippen molar-refractivity contribution in [1.82, 2.24) is 15.0 Å². The number of anilines is 1. The maximum atomic E-state index is 9.36. The molecule has 3 aromatic heterocycles. The third-order valence-corrected chi connectivity index (χ3v) is 6.66. The molecule has 0 bridgehead atoms. The third-order valence-electron chi connectivity index (χ3n) is 5.05. The van der Waals surface area contributed by atoms with E-state index in [4.69, 9.17) is 15.0 Å². The molecule has 138 valence electrons. The van der Waals surface area contributed by atoms with Gasteiger partial charge in [-0.3, -0.25) is 0 Å². The molecule has 0 saturated carbocycles. The highest BCUT2D eigenvalue weighted by molar-refractivity contribution is 7.98. The van der Waals surface area contributed by atoms with Crippen LogP contribution in [0.4, 0.5) is 5.82 Å². The van der Waals surface area contributed by atoms with Crippen LogP contribution in [-0.2, 0) is 19.3 Å². The fourth-order valence-electron chi connectivity index (χ4n) is 3.86. The van der Waals surface area contributed by atoms with Crippen LogP contribution in [0.25, 0.3) is 20.4 Å². The van der Waals surface area contributed by atoms with E-state index in [1.54, 1.807) is 23.1 Å². The molecule has 3 aromatic rings. The molecule has 1 aliphatic rings. The molecule has 0 fully saturated rings. The Morgan fingerprint density at radius 2 is 2.00 bits per heavy atom. The zero-order valence-electron chi connectivity index (χ0n) is 15.5. The van der Waals surface area contributed by atoms with Crippen LogP contribution in [0, 0.1) is 0 Å². The Labute approximate surface area is 161 Å². The number of fused-ring (bicyclic) bond motifs is 5. The van der Waals surface area contributed by atoms with Crippen molar-refractivity contribution >= 4 is 49.3 Å². The first kappa shape index (κ1) is 17.9. The summed E-state index contributed by atoms with van der Waals surface area (Å²) >= 11 is 3.26. The quantitative estimate of drug-likeness (QED) is 0.511. The monoisotopic (exact) mass is 388 g/mol. The van der Waals surface area contributed by atoms with Gasteiger partial charge in [0.25, 0.3) is 0 Å². The highest BCUT2D eigenvalue weighted by Gasteiger charge is 2.25. The lowest BCUT2D eigenvalue weighted by Crippen LogP contribution is -2.22. The molecule has 0 radical (unpaired) electrons. The summed E-state index contributed by atoms with van der Waals surface area (Å²) in [5.74, 6) is 0.903. The lowest BCUT2D eigenvalue weighted by atomic mass is 10.0. The van der Waals surface area contributed by atoms with E-state index in [1.807, 2.05) is 18.2 Å². The fraction of sp³-hybridized carbons (Fsp3) is 0.526. The minimum Gasteiger partial charge on any atom is -0.395 e. The van der Waals surface area contributed by atoms with Crippen LogP contribution in [0.3, 0.4) is 0 Å². The molecule has 7 heteroatoms. The first-order valence-electron chi connectivity index (χ1n) is 9.18. The van der Waals surface area contributed by atoms with E-state index in [0.717, 1.165) is 51.7 Å². The predicted molar refractivity (Wildman–Crippen MR) is 111 cm³/mol. The fourth-order valence-corrected chi connectivity index (χ4v) is 5.43. The first-order valence-corrected chi connectivity index (χ1v) is 11.2. The van der Waals surface area contributed by atoms with Gasteiger partial charge in [0.2, 0.25) is 0 Å². The molecule has 26 heavy (non-hydrogen) atoms. The zero-order valence-corrected chi connectivity index (χ0v) is 17.1. The molecule has 4 rings (SSSR count). The number of pyridine rings is 1. The Kier molecular flexibility index (Phi) is 5.03. The van der Waals surface area contributed by atoms with Gasteiger partial charge in [-0.25, -0.2) is 15.0 Å². The normalized spacial score (nSPS) is 13.7. The van der Waals surface area contributed by atoms with Crippen LogP contribution in [-0.4, -0.2) is 46.5 Å². The molecule has 0 spiro atoms. The van der Waals surface area contributed by atoms with E-state index >= 15 is 0 Å². The van der Waals surface area contributed by atoms with E-state index in [1.165, 1.54) is 28.6 Å². The minimum atomic E-state index is 0.107. The summed E-state index contributed by atoms with van der Waals surface area (Å²) in [5.41, 5.74) is 5.25. The van der Waals surface area contributed by atoms with Crippen LogP contribution in [0.1, 0.15) is 36.6 Å². The molecule has 0 amide bonds. The Bertz CT molecular complexity index is 969. The summed E-state index contributed by atoms with van der Waals surface area (Å²) in [6.45, 7) is 2.88. The van der Waals surface area contributed by atoms with Gasteiger partial charge >= 0.3 is 0 Å². The predicted octanol–water partition coefficient (Wildman–Crippen LogP) is 3.83. The van der Waals surface area contributed by atoms with Gasteiger partial charge in [-0.2, -0.15) is 0 Å². The highest BCUT2D eigenvalue weighted by Crippen LogP contribution is 2.42. The lowest BCUT2D eigenvalue weighted by molar-refractivity contribution is 0.304. The van der Waals surface area contributed by atoms with Gasteiger partial charge in [-0.1, -0.05) is 25.1 Å². The second kappa shape index (κ2) is 7.29. The smallest absolute Gasteiger partial charge is 0.189 e. The second-order valence-corrected chi connectivity index (χ2v) is 8.53. The summed E-state index contributed by atoms with van der Waals surface area (Å²) in [6.07, 6.45) is 7.65. The van der Waals surface area contributed by atoms with Crippen LogP contribution in [0.5, 0.6) is 0 Å². The number of aromatic nitrogens is 3. The summed E-state index contributed by atoms with van der Waals surface area (Å²) < 4.78 is 1.09. The molecular formula is C19H24N4OS2. The summed E-state index contributed by atoms with van der Waals surface area (Å²) in [4.78, 5) is 17.8. The largest absolute Gasteiger partial charge is 0.395 e. The molecule has 0 unspecified atom stereocenters. The molecule has 1 aliphatic carbocycles. The molecule has 0 aromatic carbocycles. The average molecular weight is 389 g/mol. The van der Waals surface area contributed by atoms with E-state index in [2.05, 4.69) is 6.92 Å². The molecule has 1 N–H and O–H groups in total. The Morgan fingerprint density at radius 3 is 2.73 bits per heavy atom. The van der Waals surface area contributed by atoms with Crippen molar-refractivity contribution in [3.63, 3.8) is 0 Å². The molecule has 0 atom stereocenters. The van der Waals surface area contributed by atoms with Crippen molar-refractivity contribution in [2.45, 2.75) is 44.2 Å². The Morgan fingerprint density at radius 1 is 1.19 bits per heavy atom. The molecule has 3 heterocycles. The third kappa shape index (κ3) is 2.86. The second-order valence-electron chi connectivity index (χ2n) is 6.76. The first-order chi connectivity index (χ1) is 12.7. The van der Waals surface area contributed by atoms with Gasteiger partial charge in [0, 0.05) is 24.7 Å². The molecule has 5 nitrogen and oxygen atoms in total. The SMILES string of the molecule is CCCc1nc2sc3c(N(C)CCO)nc(SC)nc3c2c2c1CCC2. The van der Waals surface area contributed by atoms with Crippen molar-refractivity contribution in [3.8, 4) is 0 Å². The van der Waals surface area contributed by atoms with Crippen molar-refractivity contribution in [3.05, 3.63) is 16.8 Å². The van der Waals surface area contributed by atoms with Gasteiger partial charge in [0.15, 0.2) is 11.0 Å². The average Bonchev–Trinajstić information content (AvgIpc) is 3.25. The van der Waals surface area contributed by atoms with Crippen molar-refractivity contribution in [2.75, 3.05) is 31.4 Å². The maximum Gasteiger partial charge on any atom is 0.189 e. The van der Waals surface area contributed by atoms with Crippen molar-refractivity contribution < 1.29 is 5.11 Å². The number of aliphatic hydroxyl groups is 1. The van der Waals surface area contributed by atoms with Gasteiger partial charge in [-0.15, -0.1) is 11.3 Å². The van der Waals surface area contributed by atoms with Crippen LogP contribution in [0.15, 0.2) is 5.16 Å². The van der Waals surface area contributed by atoms with Crippen LogP contribution >= 0.6 is 23.1 Å². The summed E-state index contributed by atoms with van der Waals surface area (Å²) in [6, 6.07) is 0. The summed E-state index contributed by atoms with van der Waals surface area (Å²) in [5, 5.41) is 11.4. The number of aliphatic hydroxyl groups excluding tert-OH is 1. The van der Waals surface area contributed by atoms with Crippen LogP contribution < -0.4 is 4.90 Å². The Hall–Kier alpha value is -1.44. The number of rotatable bonds is 6. The Balaban J connectivity index is 2.04. The zero-order chi connectivity index (χ0) is 18.3. The number of nitrogens with zero attached hydrogens (tertiary/aromatic N) is 4. The van der Waals surface area contributed by atoms with Gasteiger partial charge in [0.05, 0.1) is 16.8 Å². The van der Waals surface area contributed by atoms with E-state index in [-0.39, 0.29) is 6.61 Å². The van der Waals surface area contributed by atoms with Crippen LogP contribution in [0.2, 0.25) is 0 Å². The highest BCUT2D eigenvalue weighted by atomic mass is 32.2. The van der Waals surface area contributed by atoms with E-state index in [0.29, 0.717) is 6.54 Å². The molecule has 0 saturated heterocycles. The van der Waals surface area contributed by atoms with Gasteiger partial charge in [0.1, 0.15) is 4.83 Å². The number of thiophene rings is 1. The maximum absolute atomic E-state index is 9.36. The van der Waals surface area contributed by atoms with Crippen molar-refractivity contribution in [1.29, 1.82) is 0 Å². The number of hydrogen-bond donors (Lipinski definition) is 1. The number of thioether (sulfide) groups is 1.